The highest BCUT2D eigenvalue weighted by molar-refractivity contribution is 5.78. The van der Waals surface area contributed by atoms with Gasteiger partial charge in [0.15, 0.2) is 5.69 Å². The van der Waals surface area contributed by atoms with Crippen LogP contribution in [0.1, 0.15) is 23.9 Å². The smallest absolute Gasteiger partial charge is 0.340 e. The van der Waals surface area contributed by atoms with Gasteiger partial charge >= 0.3 is 6.18 Å². The summed E-state index contributed by atoms with van der Waals surface area (Å²) in [5, 5.41) is 7.77. The van der Waals surface area contributed by atoms with Gasteiger partial charge in [0, 0.05) is 57.2 Å². The second-order valence-corrected chi connectivity index (χ2v) is 7.38. The molecule has 0 aromatic carbocycles. The molecule has 2 aromatic rings. The molecule has 28 heavy (non-hydrogen) atoms. The molecule has 0 radical (unpaired) electrons. The Morgan fingerprint density at radius 2 is 1.93 bits per heavy atom. The maximum atomic E-state index is 12.8. The summed E-state index contributed by atoms with van der Waals surface area (Å²) in [6.45, 7) is 6.95. The van der Waals surface area contributed by atoms with Crippen LogP contribution in [0.3, 0.4) is 0 Å². The number of hydrogen-bond acceptors (Lipinski definition) is 4. The summed E-state index contributed by atoms with van der Waals surface area (Å²) in [5.41, 5.74) is 0.604. The van der Waals surface area contributed by atoms with Gasteiger partial charge in [0.1, 0.15) is 0 Å². The number of carbonyl (C=O) groups is 1. The van der Waals surface area contributed by atoms with Gasteiger partial charge in [-0.2, -0.15) is 23.4 Å². The molecule has 0 N–H and O–H groups in total. The van der Waals surface area contributed by atoms with Crippen LogP contribution >= 0.6 is 0 Å². The number of alkyl halides is 3. The first-order chi connectivity index (χ1) is 13.1. The molecule has 0 aliphatic carbocycles. The van der Waals surface area contributed by atoms with Crippen molar-refractivity contribution in [1.82, 2.24) is 29.4 Å². The SMILES string of the molecule is Cc1cc(C(F)(F)F)nn1CC(C)C(=O)N1CCN(Cc2cnn(C)c2)CC1. The van der Waals surface area contributed by atoms with Gasteiger partial charge in [-0.1, -0.05) is 6.92 Å². The molecule has 10 heteroatoms. The van der Waals surface area contributed by atoms with Gasteiger partial charge in [0.25, 0.3) is 0 Å². The molecule has 1 aliphatic heterocycles. The standard InChI is InChI=1S/C18H25F3N6O/c1-13(10-27-14(2)8-16(23-27)18(19,20)21)17(28)26-6-4-25(5-7-26)12-15-9-22-24(3)11-15/h8-9,11,13H,4-7,10,12H2,1-3H3. The summed E-state index contributed by atoms with van der Waals surface area (Å²) < 4.78 is 41.4. The molecule has 7 nitrogen and oxygen atoms in total. The van der Waals surface area contributed by atoms with E-state index in [4.69, 9.17) is 0 Å². The van der Waals surface area contributed by atoms with Crippen LogP contribution in [0.2, 0.25) is 0 Å². The maximum Gasteiger partial charge on any atom is 0.435 e. The Morgan fingerprint density at radius 1 is 1.25 bits per heavy atom. The predicted octanol–water partition coefficient (Wildman–Crippen LogP) is 1.92. The Labute approximate surface area is 161 Å². The Kier molecular flexibility index (Phi) is 5.78. The zero-order valence-corrected chi connectivity index (χ0v) is 16.3. The number of nitrogens with zero attached hydrogens (tertiary/aromatic N) is 6. The van der Waals surface area contributed by atoms with E-state index >= 15 is 0 Å². The van der Waals surface area contributed by atoms with Crippen molar-refractivity contribution in [3.63, 3.8) is 0 Å². The van der Waals surface area contributed by atoms with Crippen LogP contribution in [0.4, 0.5) is 13.2 Å². The van der Waals surface area contributed by atoms with Crippen molar-refractivity contribution in [2.45, 2.75) is 33.1 Å². The summed E-state index contributed by atoms with van der Waals surface area (Å²) in [4.78, 5) is 16.8. The van der Waals surface area contributed by atoms with Crippen molar-refractivity contribution in [3.8, 4) is 0 Å². The molecule has 154 valence electrons. The van der Waals surface area contributed by atoms with E-state index in [1.165, 1.54) is 4.68 Å². The third kappa shape index (κ3) is 4.73. The molecule has 1 amide bonds. The van der Waals surface area contributed by atoms with Gasteiger partial charge in [0.2, 0.25) is 5.91 Å². The Bertz CT molecular complexity index is 820. The number of amides is 1. The van der Waals surface area contributed by atoms with E-state index in [2.05, 4.69) is 15.1 Å². The third-order valence-corrected chi connectivity index (χ3v) is 4.99. The fourth-order valence-corrected chi connectivity index (χ4v) is 3.42. The summed E-state index contributed by atoms with van der Waals surface area (Å²) in [5.74, 6) is -0.492. The van der Waals surface area contributed by atoms with Crippen molar-refractivity contribution in [3.05, 3.63) is 35.4 Å². The lowest BCUT2D eigenvalue weighted by molar-refractivity contribution is -0.141. The minimum absolute atomic E-state index is 0.0514. The Morgan fingerprint density at radius 3 is 2.46 bits per heavy atom. The highest BCUT2D eigenvalue weighted by Crippen LogP contribution is 2.28. The molecular weight excluding hydrogens is 373 g/mol. The lowest BCUT2D eigenvalue weighted by atomic mass is 10.1. The second-order valence-electron chi connectivity index (χ2n) is 7.38. The highest BCUT2D eigenvalue weighted by atomic mass is 19.4. The normalized spacial score (nSPS) is 17.1. The average Bonchev–Trinajstić information content (AvgIpc) is 3.20. The van der Waals surface area contributed by atoms with Crippen LogP contribution in [0.25, 0.3) is 0 Å². The van der Waals surface area contributed by atoms with Gasteiger partial charge < -0.3 is 4.90 Å². The van der Waals surface area contributed by atoms with Crippen LogP contribution in [-0.4, -0.2) is 61.4 Å². The molecule has 0 spiro atoms. The van der Waals surface area contributed by atoms with Gasteiger partial charge in [-0.15, -0.1) is 0 Å². The van der Waals surface area contributed by atoms with Crippen LogP contribution in [0.5, 0.6) is 0 Å². The Hall–Kier alpha value is -2.36. The molecule has 2 aromatic heterocycles. The van der Waals surface area contributed by atoms with Gasteiger partial charge in [-0.05, 0) is 13.0 Å². The van der Waals surface area contributed by atoms with Crippen molar-refractivity contribution in [2.75, 3.05) is 26.2 Å². The number of hydrogen-bond donors (Lipinski definition) is 0. The quantitative estimate of drug-likeness (QED) is 0.772. The first kappa shape index (κ1) is 20.4. The number of aryl methyl sites for hydroxylation is 2. The molecule has 0 bridgehead atoms. The molecule has 1 fully saturated rings. The zero-order valence-electron chi connectivity index (χ0n) is 16.3. The fraction of sp³-hybridized carbons (Fsp3) is 0.611. The molecular formula is C18H25F3N6O. The van der Waals surface area contributed by atoms with Crippen molar-refractivity contribution < 1.29 is 18.0 Å². The zero-order chi connectivity index (χ0) is 20.5. The lowest BCUT2D eigenvalue weighted by Gasteiger charge is -2.35. The lowest BCUT2D eigenvalue weighted by Crippen LogP contribution is -2.50. The van der Waals surface area contributed by atoms with E-state index in [-0.39, 0.29) is 12.5 Å². The summed E-state index contributed by atoms with van der Waals surface area (Å²) in [6.07, 6.45) is -0.670. The molecule has 0 saturated carbocycles. The van der Waals surface area contributed by atoms with Crippen LogP contribution < -0.4 is 0 Å². The van der Waals surface area contributed by atoms with Crippen LogP contribution in [-0.2, 0) is 31.1 Å². The van der Waals surface area contributed by atoms with Crippen LogP contribution in [0.15, 0.2) is 18.5 Å². The van der Waals surface area contributed by atoms with Gasteiger partial charge in [0.05, 0.1) is 18.7 Å². The minimum atomic E-state index is -4.48. The molecule has 3 rings (SSSR count). The van der Waals surface area contributed by atoms with Gasteiger partial charge in [-0.3, -0.25) is 19.1 Å². The number of piperazine rings is 1. The second kappa shape index (κ2) is 7.94. The number of halogens is 3. The fourth-order valence-electron chi connectivity index (χ4n) is 3.42. The molecule has 1 saturated heterocycles. The maximum absolute atomic E-state index is 12.8. The molecule has 1 aliphatic rings. The number of aromatic nitrogens is 4. The largest absolute Gasteiger partial charge is 0.435 e. The average molecular weight is 398 g/mol. The van der Waals surface area contributed by atoms with E-state index in [9.17, 15) is 18.0 Å². The topological polar surface area (TPSA) is 59.2 Å². The molecule has 1 atom stereocenters. The van der Waals surface area contributed by atoms with E-state index in [0.717, 1.165) is 31.3 Å². The summed E-state index contributed by atoms with van der Waals surface area (Å²) in [6, 6.07) is 1.01. The molecule has 3 heterocycles. The minimum Gasteiger partial charge on any atom is -0.340 e. The summed E-state index contributed by atoms with van der Waals surface area (Å²) in [7, 11) is 1.88. The predicted molar refractivity (Wildman–Crippen MR) is 96.2 cm³/mol. The molecule has 1 unspecified atom stereocenters. The Balaban J connectivity index is 1.52. The monoisotopic (exact) mass is 398 g/mol. The number of carbonyl (C=O) groups excluding carboxylic acids is 1. The van der Waals surface area contributed by atoms with Gasteiger partial charge in [-0.25, -0.2) is 0 Å². The van der Waals surface area contributed by atoms with Crippen molar-refractivity contribution >= 4 is 5.91 Å². The van der Waals surface area contributed by atoms with Crippen LogP contribution in [0, 0.1) is 12.8 Å². The van der Waals surface area contributed by atoms with E-state index in [1.807, 2.05) is 19.4 Å². The summed E-state index contributed by atoms with van der Waals surface area (Å²) >= 11 is 0. The van der Waals surface area contributed by atoms with E-state index < -0.39 is 17.8 Å². The first-order valence-corrected chi connectivity index (χ1v) is 9.24. The van der Waals surface area contributed by atoms with E-state index in [1.54, 1.807) is 23.4 Å². The first-order valence-electron chi connectivity index (χ1n) is 9.24. The van der Waals surface area contributed by atoms with E-state index in [0.29, 0.717) is 18.8 Å². The van der Waals surface area contributed by atoms with Crippen molar-refractivity contribution in [2.24, 2.45) is 13.0 Å². The number of rotatable bonds is 5. The van der Waals surface area contributed by atoms with Crippen molar-refractivity contribution in [1.29, 1.82) is 0 Å². The third-order valence-electron chi connectivity index (χ3n) is 4.99. The highest BCUT2D eigenvalue weighted by Gasteiger charge is 2.35.